The third-order valence-corrected chi connectivity index (χ3v) is 6.63. The molecule has 0 bridgehead atoms. The van der Waals surface area contributed by atoms with Crippen LogP contribution in [-0.2, 0) is 32.0 Å². The van der Waals surface area contributed by atoms with E-state index in [1.807, 2.05) is 0 Å². The van der Waals surface area contributed by atoms with Gasteiger partial charge in [-0.05, 0) is 32.6 Å². The van der Waals surface area contributed by atoms with Crippen molar-refractivity contribution < 1.29 is 19.1 Å². The first-order chi connectivity index (χ1) is 14.6. The number of thioether (sulfide) groups is 1. The van der Waals surface area contributed by atoms with Gasteiger partial charge in [0.1, 0.15) is 5.82 Å². The van der Waals surface area contributed by atoms with E-state index in [0.717, 1.165) is 49.8 Å². The van der Waals surface area contributed by atoms with E-state index in [1.165, 1.54) is 23.1 Å². The van der Waals surface area contributed by atoms with Gasteiger partial charge < -0.3 is 19.4 Å². The molecule has 1 saturated heterocycles. The first kappa shape index (κ1) is 21.3. The maximum Gasteiger partial charge on any atom is 0.311 e. The first-order valence-corrected chi connectivity index (χ1v) is 12.1. The average molecular weight is 452 g/mol. The summed E-state index contributed by atoms with van der Waals surface area (Å²) in [5.41, 5.74) is 0.590. The molecular weight excluding hydrogens is 426 g/mol. The number of carbonyl (C=O) groups excluding carboxylic acids is 2. The molecule has 0 aromatic carbocycles. The molecule has 2 fully saturated rings. The van der Waals surface area contributed by atoms with E-state index in [4.69, 9.17) is 9.47 Å². The third kappa shape index (κ3) is 5.58. The van der Waals surface area contributed by atoms with Crippen LogP contribution in [0.25, 0.3) is 0 Å². The fraction of sp³-hybridized carbons (Fsp3) is 0.632. The maximum atomic E-state index is 12.4. The van der Waals surface area contributed by atoms with Gasteiger partial charge in [0.25, 0.3) is 0 Å². The molecule has 2 aliphatic rings. The van der Waals surface area contributed by atoms with Gasteiger partial charge in [-0.25, -0.2) is 4.98 Å². The van der Waals surface area contributed by atoms with Gasteiger partial charge in [0, 0.05) is 17.9 Å². The van der Waals surface area contributed by atoms with E-state index in [1.54, 1.807) is 12.3 Å². The molecule has 30 heavy (non-hydrogen) atoms. The maximum absolute atomic E-state index is 12.4. The number of aromatic nitrogens is 4. The lowest BCUT2D eigenvalue weighted by Gasteiger charge is -2.14. The Morgan fingerprint density at radius 1 is 1.37 bits per heavy atom. The third-order valence-electron chi connectivity index (χ3n) is 4.86. The highest BCUT2D eigenvalue weighted by Gasteiger charge is 2.32. The van der Waals surface area contributed by atoms with Crippen molar-refractivity contribution in [1.82, 2.24) is 19.7 Å². The zero-order valence-corrected chi connectivity index (χ0v) is 18.5. The van der Waals surface area contributed by atoms with E-state index < -0.39 is 0 Å². The minimum Gasteiger partial charge on any atom is -0.466 e. The molecule has 1 saturated carbocycles. The number of anilines is 1. The van der Waals surface area contributed by atoms with Crippen LogP contribution in [0.2, 0.25) is 0 Å². The molecular formula is C19H25N5O4S2. The zero-order valence-electron chi connectivity index (χ0n) is 16.8. The number of amides is 1. The lowest BCUT2D eigenvalue weighted by atomic mass is 10.2. The summed E-state index contributed by atoms with van der Waals surface area (Å²) in [4.78, 5) is 28.2. The van der Waals surface area contributed by atoms with Gasteiger partial charge >= 0.3 is 5.97 Å². The summed E-state index contributed by atoms with van der Waals surface area (Å²) >= 11 is 2.66. The van der Waals surface area contributed by atoms with Crippen LogP contribution in [0.1, 0.15) is 50.0 Å². The van der Waals surface area contributed by atoms with Gasteiger partial charge in [-0.2, -0.15) is 0 Å². The molecule has 162 valence electrons. The second-order valence-electron chi connectivity index (χ2n) is 7.32. The summed E-state index contributed by atoms with van der Waals surface area (Å²) < 4.78 is 12.8. The summed E-state index contributed by atoms with van der Waals surface area (Å²) in [7, 11) is 0. The number of esters is 1. The molecule has 0 radical (unpaired) electrons. The molecule has 1 amide bonds. The predicted molar refractivity (Wildman–Crippen MR) is 113 cm³/mol. The van der Waals surface area contributed by atoms with E-state index in [-0.39, 0.29) is 30.2 Å². The van der Waals surface area contributed by atoms with E-state index in [0.29, 0.717) is 23.4 Å². The van der Waals surface area contributed by atoms with E-state index in [2.05, 4.69) is 25.1 Å². The second-order valence-corrected chi connectivity index (χ2v) is 9.12. The predicted octanol–water partition coefficient (Wildman–Crippen LogP) is 2.63. The highest BCUT2D eigenvalue weighted by molar-refractivity contribution is 7.99. The Hall–Kier alpha value is -1.98. The second kappa shape index (κ2) is 9.88. The first-order valence-electron chi connectivity index (χ1n) is 10.2. The molecule has 1 atom stereocenters. The largest absolute Gasteiger partial charge is 0.466 e. The van der Waals surface area contributed by atoms with Gasteiger partial charge in [0.05, 0.1) is 37.1 Å². The fourth-order valence-corrected chi connectivity index (χ4v) is 4.79. The number of nitrogens with zero attached hydrogens (tertiary/aromatic N) is 4. The number of ether oxygens (including phenoxy) is 2. The van der Waals surface area contributed by atoms with Gasteiger partial charge in [0.15, 0.2) is 10.3 Å². The molecule has 0 spiro atoms. The summed E-state index contributed by atoms with van der Waals surface area (Å²) in [6.07, 6.45) is 4.72. The highest BCUT2D eigenvalue weighted by Crippen LogP contribution is 2.40. The van der Waals surface area contributed by atoms with Gasteiger partial charge in [-0.15, -0.1) is 21.5 Å². The number of rotatable bonds is 10. The molecule has 2 aromatic heterocycles. The van der Waals surface area contributed by atoms with Crippen LogP contribution in [0.4, 0.5) is 5.13 Å². The van der Waals surface area contributed by atoms with Crippen molar-refractivity contribution in [2.75, 3.05) is 24.3 Å². The van der Waals surface area contributed by atoms with Crippen LogP contribution in [-0.4, -0.2) is 56.7 Å². The topological polar surface area (TPSA) is 108 Å². The minimum absolute atomic E-state index is 0.102. The van der Waals surface area contributed by atoms with Crippen LogP contribution in [0.15, 0.2) is 10.5 Å². The Kier molecular flexibility index (Phi) is 7.00. The van der Waals surface area contributed by atoms with Crippen LogP contribution in [0, 0.1) is 0 Å². The molecule has 4 rings (SSSR count). The van der Waals surface area contributed by atoms with Crippen molar-refractivity contribution in [3.05, 3.63) is 16.9 Å². The number of hydrogen-bond acceptors (Lipinski definition) is 9. The van der Waals surface area contributed by atoms with Crippen LogP contribution in [0.3, 0.4) is 0 Å². The standard InChI is InChI=1S/C19H25N5O4S2/c1-2-27-16(26)8-13-10-29-18(20-13)21-15(25)11-30-19-23-22-17(12-5-6-12)24(19)9-14-4-3-7-28-14/h10,12,14H,2-9,11H2,1H3,(H,20,21,25). The molecule has 9 nitrogen and oxygen atoms in total. The Labute approximate surface area is 182 Å². The number of nitrogens with one attached hydrogen (secondary N) is 1. The SMILES string of the molecule is CCOC(=O)Cc1csc(NC(=O)CSc2nnc(C3CC3)n2CC2CCCO2)n1. The van der Waals surface area contributed by atoms with E-state index >= 15 is 0 Å². The number of carbonyl (C=O) groups is 2. The van der Waals surface area contributed by atoms with Gasteiger partial charge in [-0.3, -0.25) is 9.59 Å². The molecule has 1 aliphatic carbocycles. The monoisotopic (exact) mass is 451 g/mol. The molecule has 2 aromatic rings. The molecule has 11 heteroatoms. The minimum atomic E-state index is -0.326. The van der Waals surface area contributed by atoms with E-state index in [9.17, 15) is 9.59 Å². The Bertz CT molecular complexity index is 889. The number of thiazole rings is 1. The normalized spacial score (nSPS) is 18.5. The van der Waals surface area contributed by atoms with Crippen molar-refractivity contribution in [3.63, 3.8) is 0 Å². The molecule has 1 aliphatic heterocycles. The van der Waals surface area contributed by atoms with Crippen molar-refractivity contribution in [2.24, 2.45) is 0 Å². The lowest BCUT2D eigenvalue weighted by molar-refractivity contribution is -0.142. The van der Waals surface area contributed by atoms with Crippen LogP contribution >= 0.6 is 23.1 Å². The summed E-state index contributed by atoms with van der Waals surface area (Å²) in [5, 5.41) is 14.5. The Balaban J connectivity index is 1.31. The lowest BCUT2D eigenvalue weighted by Crippen LogP contribution is -2.19. The summed E-state index contributed by atoms with van der Waals surface area (Å²) in [6.45, 7) is 3.65. The van der Waals surface area contributed by atoms with Crippen molar-refractivity contribution in [3.8, 4) is 0 Å². The van der Waals surface area contributed by atoms with Crippen molar-refractivity contribution in [2.45, 2.75) is 62.8 Å². The number of hydrogen-bond donors (Lipinski definition) is 1. The van der Waals surface area contributed by atoms with Crippen LogP contribution < -0.4 is 5.32 Å². The van der Waals surface area contributed by atoms with Crippen molar-refractivity contribution in [1.29, 1.82) is 0 Å². The Morgan fingerprint density at radius 2 is 2.23 bits per heavy atom. The molecule has 1 unspecified atom stereocenters. The highest BCUT2D eigenvalue weighted by atomic mass is 32.2. The Morgan fingerprint density at radius 3 is 2.97 bits per heavy atom. The zero-order chi connectivity index (χ0) is 20.9. The molecule has 3 heterocycles. The molecule has 1 N–H and O–H groups in total. The fourth-order valence-electron chi connectivity index (χ4n) is 3.30. The summed E-state index contributed by atoms with van der Waals surface area (Å²) in [6, 6.07) is 0. The quantitative estimate of drug-likeness (QED) is 0.434. The van der Waals surface area contributed by atoms with Gasteiger partial charge in [-0.1, -0.05) is 11.8 Å². The van der Waals surface area contributed by atoms with Crippen molar-refractivity contribution >= 4 is 40.1 Å². The van der Waals surface area contributed by atoms with Gasteiger partial charge in [0.2, 0.25) is 5.91 Å². The smallest absolute Gasteiger partial charge is 0.311 e. The average Bonchev–Trinajstić information content (AvgIpc) is 3.09. The summed E-state index contributed by atoms with van der Waals surface area (Å²) in [5.74, 6) is 1.21. The van der Waals surface area contributed by atoms with Crippen LogP contribution in [0.5, 0.6) is 0 Å².